The van der Waals surface area contributed by atoms with Gasteiger partial charge in [-0.25, -0.2) is 0 Å². The molecule has 7 aromatic carbocycles. The predicted molar refractivity (Wildman–Crippen MR) is 558 cm³/mol. The van der Waals surface area contributed by atoms with Crippen LogP contribution < -0.4 is 60.9 Å². The first-order valence-corrected chi connectivity index (χ1v) is 50.6. The van der Waals surface area contributed by atoms with Gasteiger partial charge in [0.2, 0.25) is 0 Å². The number of rotatable bonds is 20. The van der Waals surface area contributed by atoms with Crippen molar-refractivity contribution in [1.29, 1.82) is 0 Å². The number of phenols is 9. The highest BCUT2D eigenvalue weighted by Crippen LogP contribution is 2.52. The van der Waals surface area contributed by atoms with E-state index in [0.29, 0.717) is 56.9 Å². The van der Waals surface area contributed by atoms with E-state index < -0.39 is 0 Å². The van der Waals surface area contributed by atoms with Crippen LogP contribution in [0.3, 0.4) is 0 Å². The Labute approximate surface area is 834 Å². The smallest absolute Gasteiger partial charge is 0.179 e. The van der Waals surface area contributed by atoms with Crippen molar-refractivity contribution in [2.45, 2.75) is 165 Å². The highest BCUT2D eigenvalue weighted by molar-refractivity contribution is 6.33. The second-order valence-corrected chi connectivity index (χ2v) is 39.3. The fraction of sp³-hybridized carbons (Fsp3) is 0.409. The fourth-order valence-corrected chi connectivity index (χ4v) is 23.6. The minimum Gasteiger partial charge on any atom is -0.504 e. The van der Waals surface area contributed by atoms with E-state index in [-0.39, 0.29) is 80.4 Å². The standard InChI is InChI=1S/C19H25NO2.C17H23NO2.2C17H21NO2.C16H18ClNO2.C15H16ClNO2.C14H14ClNO2/c1-4-5-13-6-7-15-11-20-12-16(19(13)15)14-8-9-17(21-2)18(10-14)22-3;3*1-2-3-11-4-5-13-9-18-10-14(17(11)13)12-6-7-15(19)16(20)8-12;1-19-15-7-11(6-14(17)16(15)20-2)13-9-18-8-10-4-3-5-12(10)13;1-19-15-13(16)5-10(6-14(15)18)12-8-17-7-9-3-2-4-11(9)12;15-12-4-9(5-13(17)14(12)18)11-7-16-6-8-2-1-3-10(8)11/h6,8-10,16,20H,4-5,7,11-12H2,1-3H3;4,6-8,13-14,17-20H,2-3,5,9-10H2,1H3;2*4,6-8,14,18-20H,2-3,5,9-10H2,1H3;3,5-7,13,18H,4,8-9H2,1-2H3;2,4-6,12,17-18H,3,7-8H2,1H3;1,3-5,11,16-18H,2,6-7H2/t16-;13?,14-,17?;14-;;;;/m101..../s1. The Balaban J connectivity index is 0.000000123. The van der Waals surface area contributed by atoms with Crippen molar-refractivity contribution in [3.8, 4) is 80.5 Å². The number of hydrogen-bond acceptors (Lipinski definition) is 21. The number of phenolic OH excluding ortho intramolecular Hbond substituents is 9. The first-order chi connectivity index (χ1) is 67.5. The molecule has 14 aliphatic rings. The average Bonchev–Trinajstić information content (AvgIpc) is 1.60. The van der Waals surface area contributed by atoms with Crippen LogP contribution >= 0.6 is 34.8 Å². The maximum absolute atomic E-state index is 9.98. The molecule has 7 aliphatic carbocycles. The van der Waals surface area contributed by atoms with Crippen molar-refractivity contribution >= 4 is 34.8 Å². The minimum atomic E-state index is -0.250. The molecule has 0 amide bonds. The van der Waals surface area contributed by atoms with Crippen LogP contribution in [0.1, 0.15) is 204 Å². The number of hydrogen-bond donors (Lipinski definition) is 16. The Kier molecular flexibility index (Phi) is 35.3. The van der Waals surface area contributed by atoms with Crippen LogP contribution in [0.5, 0.6) is 80.5 Å². The topological polar surface area (TPSA) is 312 Å². The molecular formula is C115H138Cl3N7O14. The zero-order valence-corrected chi connectivity index (χ0v) is 83.8. The molecule has 21 nitrogen and oxygen atoms in total. The van der Waals surface area contributed by atoms with E-state index in [1.54, 1.807) is 105 Å². The van der Waals surface area contributed by atoms with E-state index in [1.165, 1.54) is 117 Å². The predicted octanol–water partition coefficient (Wildman–Crippen LogP) is 22.4. The molecule has 1 saturated heterocycles. The number of piperidine rings is 1. The fourth-order valence-electron chi connectivity index (χ4n) is 22.8. The molecule has 139 heavy (non-hydrogen) atoms. The van der Waals surface area contributed by atoms with Gasteiger partial charge in [-0.15, -0.1) is 0 Å². The molecule has 7 heterocycles. The summed E-state index contributed by atoms with van der Waals surface area (Å²) in [6.45, 7) is 22.2. The Bertz CT molecular complexity index is 5940. The van der Waals surface area contributed by atoms with Crippen molar-refractivity contribution in [2.24, 2.45) is 11.8 Å². The molecule has 738 valence electrons. The van der Waals surface area contributed by atoms with Gasteiger partial charge in [-0.3, -0.25) is 0 Å². The molecule has 0 saturated carbocycles. The van der Waals surface area contributed by atoms with Crippen molar-refractivity contribution in [3.63, 3.8) is 0 Å². The van der Waals surface area contributed by atoms with Gasteiger partial charge in [-0.05, 0) is 296 Å². The summed E-state index contributed by atoms with van der Waals surface area (Å²) in [4.78, 5) is 0. The van der Waals surface area contributed by atoms with Gasteiger partial charge >= 0.3 is 0 Å². The maximum atomic E-state index is 9.98. The number of allylic oxidation sites excluding steroid dienone is 14. The second kappa shape index (κ2) is 47.9. The third-order valence-corrected chi connectivity index (χ3v) is 30.3. The third-order valence-electron chi connectivity index (χ3n) is 29.4. The van der Waals surface area contributed by atoms with Crippen molar-refractivity contribution in [1.82, 2.24) is 37.2 Å². The van der Waals surface area contributed by atoms with Crippen LogP contribution in [0.15, 0.2) is 259 Å². The molecule has 7 aromatic rings. The van der Waals surface area contributed by atoms with Crippen molar-refractivity contribution < 1.29 is 69.6 Å². The Hall–Kier alpha value is -11.1. The summed E-state index contributed by atoms with van der Waals surface area (Å²) in [5.74, 6) is 6.13. The lowest BCUT2D eigenvalue weighted by molar-refractivity contribution is 0.270. The molecule has 7 aliphatic heterocycles. The number of nitrogens with one attached hydrogen (secondary N) is 7. The summed E-state index contributed by atoms with van der Waals surface area (Å²) in [5, 5.41) is 112. The molecule has 0 aromatic heterocycles. The van der Waals surface area contributed by atoms with Crippen LogP contribution in [0, 0.1) is 11.8 Å². The minimum absolute atomic E-state index is 0.0105. The summed E-state index contributed by atoms with van der Waals surface area (Å²) in [6.07, 6.45) is 39.5. The normalized spacial score (nSPS) is 22.6. The highest BCUT2D eigenvalue weighted by Gasteiger charge is 2.41. The number of fused-ring (bicyclic) bond motifs is 1. The zero-order chi connectivity index (χ0) is 98.1. The first kappa shape index (κ1) is 102. The quantitative estimate of drug-likeness (QED) is 0.0249. The molecular weight excluding hydrogens is 1810 g/mol. The van der Waals surface area contributed by atoms with E-state index in [9.17, 15) is 46.0 Å². The van der Waals surface area contributed by atoms with E-state index in [2.05, 4.69) is 138 Å². The van der Waals surface area contributed by atoms with Gasteiger partial charge in [0.25, 0.3) is 0 Å². The Morgan fingerprint density at radius 1 is 0.302 bits per heavy atom. The van der Waals surface area contributed by atoms with Gasteiger partial charge < -0.3 is 107 Å². The first-order valence-electron chi connectivity index (χ1n) is 49.5. The van der Waals surface area contributed by atoms with E-state index >= 15 is 0 Å². The second-order valence-electron chi connectivity index (χ2n) is 38.0. The number of aromatic hydroxyl groups is 9. The summed E-state index contributed by atoms with van der Waals surface area (Å²) in [5.41, 5.74) is 31.3. The summed E-state index contributed by atoms with van der Waals surface area (Å²) >= 11 is 18.4. The van der Waals surface area contributed by atoms with Crippen LogP contribution in [0.2, 0.25) is 15.1 Å². The maximum Gasteiger partial charge on any atom is 0.179 e. The van der Waals surface area contributed by atoms with Gasteiger partial charge in [0.15, 0.2) is 80.5 Å². The lowest BCUT2D eigenvalue weighted by Gasteiger charge is -2.37. The third kappa shape index (κ3) is 23.4. The van der Waals surface area contributed by atoms with Crippen LogP contribution in [-0.4, -0.2) is 173 Å². The zero-order valence-electron chi connectivity index (χ0n) is 81.6. The lowest BCUT2D eigenvalue weighted by Crippen LogP contribution is -2.41. The molecule has 16 N–H and O–H groups in total. The largest absolute Gasteiger partial charge is 0.504 e. The molecule has 6 unspecified atom stereocenters. The highest BCUT2D eigenvalue weighted by atomic mass is 35.5. The van der Waals surface area contributed by atoms with E-state index in [4.69, 9.17) is 58.5 Å². The van der Waals surface area contributed by atoms with Crippen LogP contribution in [0.4, 0.5) is 0 Å². The summed E-state index contributed by atoms with van der Waals surface area (Å²) in [7, 11) is 8.12. The monoisotopic (exact) mass is 1950 g/mol. The SMILES string of the molecule is CCCC1=CCC2=C1C(c1ccc(O)c(O)c1)CNC2.CCCC1=CCC2=C1[C@@H](c1ccc(O)c(O)c1)CNC2.CCCC1=CCC2=C1[C@@H](c1ccc(OC)c(OC)c1)CNC2.CCCC1=CCC2CNC[C@@H](c3ccc(O)c(O)c3)C12.COc1c(O)cc(C2CNCC3=C2C=CC3)cc1Cl.COc1cc(C2CNCC3=C2C=CC3)cc(Cl)c1OC.Oc1cc(C2CNCC3=C2C=CC3)cc(Cl)c1O. The van der Waals surface area contributed by atoms with E-state index in [1.807, 2.05) is 42.5 Å². The van der Waals surface area contributed by atoms with Gasteiger partial charge in [0.05, 0.1) is 50.6 Å². The summed E-state index contributed by atoms with van der Waals surface area (Å²) in [6, 6.07) is 32.9. The number of methoxy groups -OCH3 is 5. The molecule has 0 bridgehead atoms. The lowest BCUT2D eigenvalue weighted by atomic mass is 9.73. The molecule has 1 fully saturated rings. The average molecular weight is 1950 g/mol. The van der Waals surface area contributed by atoms with Crippen LogP contribution in [-0.2, 0) is 0 Å². The van der Waals surface area contributed by atoms with Crippen molar-refractivity contribution in [3.05, 3.63) is 313 Å². The molecule has 0 spiro atoms. The molecule has 24 heteroatoms. The molecule has 9 atom stereocenters. The summed E-state index contributed by atoms with van der Waals surface area (Å²) < 4.78 is 26.6. The number of benzene rings is 7. The van der Waals surface area contributed by atoms with Gasteiger partial charge in [0.1, 0.15) is 0 Å². The van der Waals surface area contributed by atoms with Gasteiger partial charge in [0, 0.05) is 127 Å². The number of halogens is 3. The molecule has 21 rings (SSSR count). The van der Waals surface area contributed by atoms with Gasteiger partial charge in [-0.1, -0.05) is 179 Å². The van der Waals surface area contributed by atoms with Crippen LogP contribution in [0.25, 0.3) is 0 Å². The van der Waals surface area contributed by atoms with E-state index in [0.717, 1.165) is 195 Å². The number of ether oxygens (including phenoxy) is 5. The van der Waals surface area contributed by atoms with Gasteiger partial charge in [-0.2, -0.15) is 0 Å². The molecule has 0 radical (unpaired) electrons. The van der Waals surface area contributed by atoms with Crippen molar-refractivity contribution in [2.75, 3.05) is 127 Å². The Morgan fingerprint density at radius 2 is 0.662 bits per heavy atom. The Morgan fingerprint density at radius 3 is 1.06 bits per heavy atom.